The zero-order chi connectivity index (χ0) is 17.3. The molecule has 1 aliphatic heterocycles. The van der Waals surface area contributed by atoms with Crippen LogP contribution in [-0.4, -0.2) is 16.8 Å². The predicted molar refractivity (Wildman–Crippen MR) is 101 cm³/mol. The van der Waals surface area contributed by atoms with Gasteiger partial charge < -0.3 is 4.90 Å². The molecule has 3 rings (SSSR count). The Bertz CT molecular complexity index is 791. The number of hydrogen-bond acceptors (Lipinski definition) is 4. The fourth-order valence-electron chi connectivity index (χ4n) is 3.24. The van der Waals surface area contributed by atoms with Gasteiger partial charge in [-0.15, -0.1) is 0 Å². The second-order valence-corrected chi connectivity index (χ2v) is 8.71. The lowest BCUT2D eigenvalue weighted by Crippen LogP contribution is -2.28. The van der Waals surface area contributed by atoms with Crippen LogP contribution in [0.5, 0.6) is 0 Å². The molecule has 1 aromatic carbocycles. The molecule has 0 saturated heterocycles. The van der Waals surface area contributed by atoms with E-state index in [1.807, 2.05) is 37.0 Å². The number of anilines is 1. The van der Waals surface area contributed by atoms with Gasteiger partial charge in [-0.25, -0.2) is 4.98 Å². The summed E-state index contributed by atoms with van der Waals surface area (Å²) in [5, 5.41) is 9.83. The van der Waals surface area contributed by atoms with Crippen LogP contribution in [0.15, 0.2) is 30.3 Å². The standard InChI is InChI=1S/C20H23N3S/c1-14-18-13-24-20(2,3)10-16(18)17(11-21)19(22-14)23(4)12-15-8-6-5-7-9-15/h5-9H,10,12-13H2,1-4H3. The molecule has 0 atom stereocenters. The van der Waals surface area contributed by atoms with Gasteiger partial charge in [-0.3, -0.25) is 0 Å². The largest absolute Gasteiger partial charge is 0.354 e. The topological polar surface area (TPSA) is 39.9 Å². The summed E-state index contributed by atoms with van der Waals surface area (Å²) in [4.78, 5) is 6.88. The Kier molecular flexibility index (Phi) is 4.56. The van der Waals surface area contributed by atoms with Crippen molar-refractivity contribution in [3.05, 3.63) is 58.3 Å². The first-order valence-corrected chi connectivity index (χ1v) is 9.21. The van der Waals surface area contributed by atoms with Crippen molar-refractivity contribution in [1.29, 1.82) is 5.26 Å². The third-order valence-corrected chi connectivity index (χ3v) is 5.90. The molecule has 2 heterocycles. The molecule has 0 radical (unpaired) electrons. The highest BCUT2D eigenvalue weighted by Crippen LogP contribution is 2.42. The molecule has 0 aliphatic carbocycles. The van der Waals surface area contributed by atoms with Gasteiger partial charge in [-0.05, 0) is 30.0 Å². The maximum atomic E-state index is 9.83. The minimum Gasteiger partial charge on any atom is -0.354 e. The van der Waals surface area contributed by atoms with E-state index in [1.54, 1.807) is 0 Å². The second kappa shape index (κ2) is 6.49. The van der Waals surface area contributed by atoms with Crippen molar-refractivity contribution in [2.24, 2.45) is 0 Å². The highest BCUT2D eigenvalue weighted by atomic mass is 32.2. The average Bonchev–Trinajstić information content (AvgIpc) is 2.54. The number of thioether (sulfide) groups is 1. The lowest BCUT2D eigenvalue weighted by atomic mass is 9.92. The van der Waals surface area contributed by atoms with Gasteiger partial charge in [0, 0.05) is 29.8 Å². The predicted octanol–water partition coefficient (Wildman–Crippen LogP) is 4.47. The van der Waals surface area contributed by atoms with Crippen molar-refractivity contribution >= 4 is 17.6 Å². The second-order valence-electron chi connectivity index (χ2n) is 7.03. The zero-order valence-corrected chi connectivity index (χ0v) is 15.6. The number of aromatic nitrogens is 1. The molecule has 124 valence electrons. The fraction of sp³-hybridized carbons (Fsp3) is 0.400. The number of fused-ring (bicyclic) bond motifs is 1. The smallest absolute Gasteiger partial charge is 0.147 e. The van der Waals surface area contributed by atoms with Crippen LogP contribution in [0.25, 0.3) is 0 Å². The maximum Gasteiger partial charge on any atom is 0.147 e. The lowest BCUT2D eigenvalue weighted by molar-refractivity contribution is 0.687. The number of hydrogen-bond donors (Lipinski definition) is 0. The minimum absolute atomic E-state index is 0.168. The third kappa shape index (κ3) is 3.27. The molecule has 0 N–H and O–H groups in total. The van der Waals surface area contributed by atoms with E-state index in [1.165, 1.54) is 16.7 Å². The molecule has 0 fully saturated rings. The molecule has 4 heteroatoms. The highest BCUT2D eigenvalue weighted by Gasteiger charge is 2.31. The van der Waals surface area contributed by atoms with E-state index < -0.39 is 0 Å². The van der Waals surface area contributed by atoms with Crippen LogP contribution in [0.2, 0.25) is 0 Å². The number of nitrogens with zero attached hydrogens (tertiary/aromatic N) is 3. The van der Waals surface area contributed by atoms with Crippen molar-refractivity contribution in [1.82, 2.24) is 4.98 Å². The molecule has 0 unspecified atom stereocenters. The van der Waals surface area contributed by atoms with E-state index in [4.69, 9.17) is 4.98 Å². The average molecular weight is 337 g/mol. The van der Waals surface area contributed by atoms with Crippen LogP contribution in [0.4, 0.5) is 5.82 Å². The van der Waals surface area contributed by atoms with Gasteiger partial charge in [-0.2, -0.15) is 17.0 Å². The quantitative estimate of drug-likeness (QED) is 0.829. The van der Waals surface area contributed by atoms with Crippen LogP contribution >= 0.6 is 11.8 Å². The Hall–Kier alpha value is -1.99. The monoisotopic (exact) mass is 337 g/mol. The molecular formula is C20H23N3S. The number of aryl methyl sites for hydroxylation is 1. The number of pyridine rings is 1. The van der Waals surface area contributed by atoms with Crippen molar-refractivity contribution in [3.63, 3.8) is 0 Å². The Morgan fingerprint density at radius 3 is 2.62 bits per heavy atom. The Morgan fingerprint density at radius 2 is 1.96 bits per heavy atom. The molecule has 3 nitrogen and oxygen atoms in total. The number of nitriles is 1. The first-order chi connectivity index (χ1) is 11.4. The van der Waals surface area contributed by atoms with Crippen LogP contribution in [0, 0.1) is 18.3 Å². The Balaban J connectivity index is 2.03. The Labute approximate surface area is 148 Å². The third-order valence-electron chi connectivity index (χ3n) is 4.55. The van der Waals surface area contributed by atoms with E-state index in [0.29, 0.717) is 0 Å². The molecule has 1 aromatic heterocycles. The molecule has 0 bridgehead atoms. The van der Waals surface area contributed by atoms with E-state index in [2.05, 4.69) is 43.9 Å². The van der Waals surface area contributed by atoms with Crippen LogP contribution < -0.4 is 4.90 Å². The van der Waals surface area contributed by atoms with E-state index in [0.717, 1.165) is 35.8 Å². The van der Waals surface area contributed by atoms with E-state index >= 15 is 0 Å². The van der Waals surface area contributed by atoms with Gasteiger partial charge in [0.15, 0.2) is 0 Å². The zero-order valence-electron chi connectivity index (χ0n) is 14.8. The van der Waals surface area contributed by atoms with Gasteiger partial charge in [-0.1, -0.05) is 44.2 Å². The summed E-state index contributed by atoms with van der Waals surface area (Å²) >= 11 is 1.95. The Morgan fingerprint density at radius 1 is 1.25 bits per heavy atom. The first-order valence-electron chi connectivity index (χ1n) is 8.23. The van der Waals surface area contributed by atoms with E-state index in [9.17, 15) is 5.26 Å². The minimum atomic E-state index is 0.168. The highest BCUT2D eigenvalue weighted by molar-refractivity contribution is 7.99. The summed E-state index contributed by atoms with van der Waals surface area (Å²) in [6.07, 6.45) is 0.922. The van der Waals surface area contributed by atoms with Crippen LogP contribution in [0.3, 0.4) is 0 Å². The van der Waals surface area contributed by atoms with Gasteiger partial charge >= 0.3 is 0 Å². The first kappa shape index (κ1) is 16.9. The van der Waals surface area contributed by atoms with Crippen LogP contribution in [0.1, 0.15) is 41.8 Å². The summed E-state index contributed by atoms with van der Waals surface area (Å²) in [7, 11) is 2.02. The molecule has 0 amide bonds. The maximum absolute atomic E-state index is 9.83. The van der Waals surface area contributed by atoms with Crippen molar-refractivity contribution in [3.8, 4) is 6.07 Å². The van der Waals surface area contributed by atoms with Crippen LogP contribution in [-0.2, 0) is 18.7 Å². The number of rotatable bonds is 3. The van der Waals surface area contributed by atoms with Crippen molar-refractivity contribution < 1.29 is 0 Å². The van der Waals surface area contributed by atoms with Crippen molar-refractivity contribution in [2.75, 3.05) is 11.9 Å². The molecule has 24 heavy (non-hydrogen) atoms. The lowest BCUT2D eigenvalue weighted by Gasteiger charge is -2.33. The normalized spacial score (nSPS) is 15.5. The summed E-state index contributed by atoms with van der Waals surface area (Å²) in [5.74, 6) is 1.75. The SMILES string of the molecule is Cc1nc(N(C)Cc2ccccc2)c(C#N)c2c1CSC(C)(C)C2. The van der Waals surface area contributed by atoms with Gasteiger partial charge in [0.1, 0.15) is 11.9 Å². The summed E-state index contributed by atoms with van der Waals surface area (Å²) in [6, 6.07) is 12.8. The summed E-state index contributed by atoms with van der Waals surface area (Å²) in [6.45, 7) is 7.33. The molecule has 0 saturated carbocycles. The van der Waals surface area contributed by atoms with Gasteiger partial charge in [0.25, 0.3) is 0 Å². The molecule has 2 aromatic rings. The fourth-order valence-corrected chi connectivity index (χ4v) is 4.41. The van der Waals surface area contributed by atoms with E-state index in [-0.39, 0.29) is 4.75 Å². The summed E-state index contributed by atoms with van der Waals surface area (Å²) in [5.41, 5.74) is 5.48. The molecular weight excluding hydrogens is 314 g/mol. The van der Waals surface area contributed by atoms with Gasteiger partial charge in [0.05, 0.1) is 5.56 Å². The molecule has 0 spiro atoms. The number of benzene rings is 1. The molecule has 1 aliphatic rings. The van der Waals surface area contributed by atoms with Gasteiger partial charge in [0.2, 0.25) is 0 Å². The summed E-state index contributed by atoms with van der Waals surface area (Å²) < 4.78 is 0.168. The van der Waals surface area contributed by atoms with Crippen molar-refractivity contribution in [2.45, 2.75) is 44.2 Å².